The number of aliphatic carboxylic acids is 1. The van der Waals surface area contributed by atoms with Gasteiger partial charge < -0.3 is 43.2 Å². The number of aromatic amines is 1. The summed E-state index contributed by atoms with van der Waals surface area (Å²) < 4.78 is 0. The Morgan fingerprint density at radius 1 is 1.11 bits per heavy atom. The normalized spacial score (nSPS) is 15.1. The van der Waals surface area contributed by atoms with E-state index in [2.05, 4.69) is 30.9 Å². The molecule has 5 atom stereocenters. The second-order valence-corrected chi connectivity index (χ2v) is 8.34. The first-order valence-corrected chi connectivity index (χ1v) is 11.4. The summed E-state index contributed by atoms with van der Waals surface area (Å²) in [4.78, 5) is 60.2. The summed E-state index contributed by atoms with van der Waals surface area (Å²) in [6.07, 6.45) is 4.25. The molecule has 1 rings (SSSR count). The van der Waals surface area contributed by atoms with E-state index in [9.17, 15) is 24.3 Å². The third-order valence-electron chi connectivity index (χ3n) is 5.45. The quantitative estimate of drug-likeness (QED) is 0.0756. The lowest BCUT2D eigenvalue weighted by Gasteiger charge is -2.25. The minimum atomic E-state index is -1.17. The van der Waals surface area contributed by atoms with Gasteiger partial charge in [0.25, 0.3) is 0 Å². The van der Waals surface area contributed by atoms with Gasteiger partial charge in [0.2, 0.25) is 17.7 Å². The van der Waals surface area contributed by atoms with Crippen LogP contribution in [0.25, 0.3) is 0 Å². The van der Waals surface area contributed by atoms with Gasteiger partial charge in [0.05, 0.1) is 12.4 Å². The summed E-state index contributed by atoms with van der Waals surface area (Å²) in [5, 5.41) is 17.1. The summed E-state index contributed by atoms with van der Waals surface area (Å²) in [6, 6.07) is -4.12. The van der Waals surface area contributed by atoms with Crippen LogP contribution in [0.5, 0.6) is 0 Å². The molecule has 35 heavy (non-hydrogen) atoms. The van der Waals surface area contributed by atoms with Crippen LogP contribution >= 0.6 is 0 Å². The highest BCUT2D eigenvalue weighted by Crippen LogP contribution is 2.09. The molecule has 0 fully saturated rings. The maximum Gasteiger partial charge on any atom is 0.326 e. The number of hydrogen-bond acceptors (Lipinski definition) is 7. The van der Waals surface area contributed by atoms with Crippen molar-refractivity contribution in [3.05, 3.63) is 18.2 Å². The van der Waals surface area contributed by atoms with Crippen molar-refractivity contribution in [1.82, 2.24) is 25.9 Å². The number of carboxylic acid groups (broad SMARTS) is 1. The minimum absolute atomic E-state index is 0.0371. The van der Waals surface area contributed by atoms with Gasteiger partial charge in [0.1, 0.15) is 18.1 Å². The Morgan fingerprint density at radius 2 is 1.80 bits per heavy atom. The maximum absolute atomic E-state index is 12.9. The van der Waals surface area contributed by atoms with Crippen molar-refractivity contribution in [2.75, 3.05) is 6.54 Å². The molecule has 11 N–H and O–H groups in total. The Bertz CT molecular complexity index is 871. The Morgan fingerprint density at radius 3 is 2.34 bits per heavy atom. The van der Waals surface area contributed by atoms with Crippen LogP contribution in [-0.4, -0.2) is 75.4 Å². The summed E-state index contributed by atoms with van der Waals surface area (Å²) >= 11 is 0. The number of aliphatic imine (C=N–C) groups is 1. The number of nitrogens with one attached hydrogen (secondary N) is 4. The van der Waals surface area contributed by atoms with Gasteiger partial charge in [-0.2, -0.15) is 0 Å². The second kappa shape index (κ2) is 14.6. The fourth-order valence-electron chi connectivity index (χ4n) is 3.10. The predicted octanol–water partition coefficient (Wildman–Crippen LogP) is -2.06. The van der Waals surface area contributed by atoms with Crippen molar-refractivity contribution in [3.8, 4) is 0 Å². The van der Waals surface area contributed by atoms with E-state index in [1.54, 1.807) is 6.92 Å². The second-order valence-electron chi connectivity index (χ2n) is 8.34. The van der Waals surface area contributed by atoms with E-state index >= 15 is 0 Å². The predicted molar refractivity (Wildman–Crippen MR) is 129 cm³/mol. The van der Waals surface area contributed by atoms with Crippen molar-refractivity contribution >= 4 is 29.7 Å². The minimum Gasteiger partial charge on any atom is -0.480 e. The smallest absolute Gasteiger partial charge is 0.326 e. The molecule has 0 saturated heterocycles. The molecular weight excluding hydrogens is 458 g/mol. The number of carbonyl (C=O) groups excluding carboxylic acids is 3. The van der Waals surface area contributed by atoms with Crippen molar-refractivity contribution in [3.63, 3.8) is 0 Å². The number of guanidine groups is 1. The van der Waals surface area contributed by atoms with Gasteiger partial charge >= 0.3 is 5.97 Å². The highest BCUT2D eigenvalue weighted by Gasteiger charge is 2.31. The topological polar surface area (TPSA) is 244 Å². The van der Waals surface area contributed by atoms with Gasteiger partial charge in [-0.1, -0.05) is 20.3 Å². The Labute approximate surface area is 203 Å². The zero-order valence-corrected chi connectivity index (χ0v) is 20.3. The Hall–Kier alpha value is -3.68. The number of H-pyrrole nitrogens is 1. The summed E-state index contributed by atoms with van der Waals surface area (Å²) in [5.41, 5.74) is 16.9. The maximum atomic E-state index is 12.9. The summed E-state index contributed by atoms with van der Waals surface area (Å²) in [7, 11) is 0. The first-order chi connectivity index (χ1) is 16.5. The third-order valence-corrected chi connectivity index (χ3v) is 5.45. The number of rotatable bonds is 15. The molecule has 1 aromatic heterocycles. The highest BCUT2D eigenvalue weighted by molar-refractivity contribution is 5.94. The SMILES string of the molecule is CCC(C)C(NC(=O)C(Cc1cnc[nH]1)NC(=O)C(C)NC(=O)C(N)CCCN=C(N)N)C(=O)O. The average Bonchev–Trinajstić information content (AvgIpc) is 3.31. The molecule has 0 radical (unpaired) electrons. The molecule has 0 aromatic carbocycles. The van der Waals surface area contributed by atoms with Gasteiger partial charge in [0.15, 0.2) is 5.96 Å². The van der Waals surface area contributed by atoms with Crippen LogP contribution in [0.2, 0.25) is 0 Å². The molecule has 0 aliphatic rings. The molecule has 5 unspecified atom stereocenters. The molecule has 0 aliphatic carbocycles. The van der Waals surface area contributed by atoms with Gasteiger partial charge in [-0.15, -0.1) is 0 Å². The van der Waals surface area contributed by atoms with Crippen LogP contribution in [0.15, 0.2) is 17.5 Å². The molecule has 14 heteroatoms. The van der Waals surface area contributed by atoms with Gasteiger partial charge in [-0.3, -0.25) is 19.4 Å². The Kier molecular flexibility index (Phi) is 12.2. The van der Waals surface area contributed by atoms with E-state index in [-0.39, 0.29) is 18.3 Å². The molecule has 0 spiro atoms. The average molecular weight is 496 g/mol. The van der Waals surface area contributed by atoms with Crippen molar-refractivity contribution in [2.45, 2.75) is 70.6 Å². The first kappa shape index (κ1) is 29.4. The largest absolute Gasteiger partial charge is 0.480 e. The van der Waals surface area contributed by atoms with Crippen LogP contribution in [0, 0.1) is 5.92 Å². The molecule has 1 heterocycles. The fraction of sp³-hybridized carbons (Fsp3) is 0.619. The van der Waals surface area contributed by atoms with Crippen LogP contribution in [-0.2, 0) is 25.6 Å². The number of carbonyl (C=O) groups is 4. The van der Waals surface area contributed by atoms with Gasteiger partial charge in [-0.25, -0.2) is 9.78 Å². The summed E-state index contributed by atoms with van der Waals surface area (Å²) in [6.45, 7) is 5.29. The molecule has 196 valence electrons. The third kappa shape index (κ3) is 10.4. The van der Waals surface area contributed by atoms with E-state index in [0.717, 1.165) is 0 Å². The van der Waals surface area contributed by atoms with Gasteiger partial charge in [-0.05, 0) is 25.7 Å². The fourth-order valence-corrected chi connectivity index (χ4v) is 3.10. The number of carboxylic acids is 1. The monoisotopic (exact) mass is 495 g/mol. The van der Waals surface area contributed by atoms with E-state index in [1.165, 1.54) is 19.4 Å². The summed E-state index contributed by atoms with van der Waals surface area (Å²) in [5.74, 6) is -3.41. The molecule has 14 nitrogen and oxygen atoms in total. The molecule has 0 aliphatic heterocycles. The number of nitrogens with two attached hydrogens (primary N) is 3. The van der Waals surface area contributed by atoms with E-state index < -0.39 is 47.9 Å². The zero-order valence-electron chi connectivity index (χ0n) is 20.3. The van der Waals surface area contributed by atoms with E-state index in [4.69, 9.17) is 17.2 Å². The van der Waals surface area contributed by atoms with Gasteiger partial charge in [0, 0.05) is 24.9 Å². The van der Waals surface area contributed by atoms with E-state index in [0.29, 0.717) is 31.5 Å². The number of hydrogen-bond donors (Lipinski definition) is 8. The number of nitrogens with zero attached hydrogens (tertiary/aromatic N) is 2. The van der Waals surface area contributed by atoms with Crippen molar-refractivity contribution in [1.29, 1.82) is 0 Å². The number of aromatic nitrogens is 2. The zero-order chi connectivity index (χ0) is 26.5. The Balaban J connectivity index is 2.80. The number of amides is 3. The number of imidazole rings is 1. The molecule has 0 bridgehead atoms. The first-order valence-electron chi connectivity index (χ1n) is 11.4. The van der Waals surface area contributed by atoms with Crippen molar-refractivity contribution < 1.29 is 24.3 Å². The van der Waals surface area contributed by atoms with Crippen LogP contribution in [0.4, 0.5) is 0 Å². The molecular formula is C21H37N9O5. The van der Waals surface area contributed by atoms with Crippen molar-refractivity contribution in [2.24, 2.45) is 28.1 Å². The van der Waals surface area contributed by atoms with Crippen LogP contribution in [0.3, 0.4) is 0 Å². The van der Waals surface area contributed by atoms with E-state index in [1.807, 2.05) is 6.92 Å². The lowest BCUT2D eigenvalue weighted by molar-refractivity contribution is -0.143. The molecule has 1 aromatic rings. The lowest BCUT2D eigenvalue weighted by Crippen LogP contribution is -2.57. The lowest BCUT2D eigenvalue weighted by atomic mass is 9.98. The molecule has 0 saturated carbocycles. The van der Waals surface area contributed by atoms with Crippen LogP contribution in [0.1, 0.15) is 45.7 Å². The standard InChI is InChI=1S/C21H37N9O5/c1-4-11(2)16(20(34)35)30-19(33)15(8-13-9-25-10-27-13)29-17(31)12(3)28-18(32)14(22)6-5-7-26-21(23)24/h9-12,14-16H,4-8,22H2,1-3H3,(H,25,27)(H,28,32)(H,29,31)(H,30,33)(H,34,35)(H4,23,24,26). The highest BCUT2D eigenvalue weighted by atomic mass is 16.4. The van der Waals surface area contributed by atoms with Crippen LogP contribution < -0.4 is 33.2 Å². The molecule has 3 amide bonds.